The summed E-state index contributed by atoms with van der Waals surface area (Å²) in [6.07, 6.45) is 2.02. The topological polar surface area (TPSA) is 66.5 Å². The van der Waals surface area contributed by atoms with Crippen molar-refractivity contribution in [3.05, 3.63) is 29.8 Å². The van der Waals surface area contributed by atoms with Crippen LogP contribution in [0.2, 0.25) is 0 Å². The quantitative estimate of drug-likeness (QED) is 0.807. The Morgan fingerprint density at radius 3 is 2.38 bits per heavy atom. The molecule has 5 nitrogen and oxygen atoms in total. The second-order valence-corrected chi connectivity index (χ2v) is 5.28. The van der Waals surface area contributed by atoms with Gasteiger partial charge in [0, 0.05) is 6.07 Å². The summed E-state index contributed by atoms with van der Waals surface area (Å²) in [4.78, 5) is 37.1. The van der Waals surface area contributed by atoms with Crippen LogP contribution in [0.15, 0.2) is 18.2 Å². The molecule has 4 amide bonds. The van der Waals surface area contributed by atoms with E-state index >= 15 is 0 Å². The van der Waals surface area contributed by atoms with Crippen LogP contribution in [0.1, 0.15) is 25.7 Å². The van der Waals surface area contributed by atoms with Crippen molar-refractivity contribution in [3.63, 3.8) is 0 Å². The smallest absolute Gasteiger partial charge is 0.276 e. The minimum absolute atomic E-state index is 0.324. The fourth-order valence-corrected chi connectivity index (χ4v) is 2.98. The molecular weight excluding hydrogens is 282 g/mol. The third-order valence-corrected chi connectivity index (χ3v) is 4.08. The Balaban J connectivity index is 2.07. The summed E-state index contributed by atoms with van der Waals surface area (Å²) in [6, 6.07) is 1.55. The number of anilines is 1. The van der Waals surface area contributed by atoms with E-state index in [-0.39, 0.29) is 5.69 Å². The Hall–Kier alpha value is -2.31. The second kappa shape index (κ2) is 4.61. The molecule has 1 spiro atoms. The van der Waals surface area contributed by atoms with Gasteiger partial charge in [-0.1, -0.05) is 12.8 Å². The van der Waals surface area contributed by atoms with Crippen molar-refractivity contribution < 1.29 is 23.2 Å². The molecular formula is C14H12F2N2O3. The first-order valence-corrected chi connectivity index (χ1v) is 6.61. The van der Waals surface area contributed by atoms with E-state index in [2.05, 4.69) is 5.32 Å². The van der Waals surface area contributed by atoms with E-state index in [0.29, 0.717) is 36.6 Å². The van der Waals surface area contributed by atoms with Gasteiger partial charge in [-0.25, -0.2) is 18.5 Å². The van der Waals surface area contributed by atoms with Crippen LogP contribution in [0.4, 0.5) is 19.3 Å². The van der Waals surface area contributed by atoms with Crippen molar-refractivity contribution in [2.45, 2.75) is 25.7 Å². The zero-order valence-corrected chi connectivity index (χ0v) is 11.0. The molecule has 7 heteroatoms. The highest BCUT2D eigenvalue weighted by atomic mass is 19.1. The number of halogens is 2. The number of barbiturate groups is 1. The maximum atomic E-state index is 13.9. The Kier molecular flexibility index (Phi) is 3.00. The standard InChI is InChI=1S/C14H12F2N2O3/c15-8-3-4-10(9(16)7-8)18-12(20)14(5-1-2-6-14)11(19)17-13(18)21/h3-4,7H,1-2,5-6H2,(H,17,19,21). The molecule has 2 aliphatic rings. The number of amides is 4. The van der Waals surface area contributed by atoms with Gasteiger partial charge in [-0.3, -0.25) is 14.9 Å². The number of carbonyl (C=O) groups excluding carboxylic acids is 3. The van der Waals surface area contributed by atoms with Gasteiger partial charge < -0.3 is 0 Å². The average Bonchev–Trinajstić information content (AvgIpc) is 2.90. The highest BCUT2D eigenvalue weighted by Gasteiger charge is 2.55. The molecule has 1 N–H and O–H groups in total. The molecule has 0 bridgehead atoms. The maximum Gasteiger partial charge on any atom is 0.335 e. The van der Waals surface area contributed by atoms with Gasteiger partial charge in [0.15, 0.2) is 0 Å². The minimum Gasteiger partial charge on any atom is -0.276 e. The van der Waals surface area contributed by atoms with Crippen LogP contribution >= 0.6 is 0 Å². The van der Waals surface area contributed by atoms with E-state index in [4.69, 9.17) is 0 Å². The summed E-state index contributed by atoms with van der Waals surface area (Å²) in [5.41, 5.74) is -1.66. The van der Waals surface area contributed by atoms with Gasteiger partial charge in [0.1, 0.15) is 17.0 Å². The van der Waals surface area contributed by atoms with Gasteiger partial charge in [-0.15, -0.1) is 0 Å². The van der Waals surface area contributed by atoms with Gasteiger partial charge in [0.2, 0.25) is 5.91 Å². The van der Waals surface area contributed by atoms with Gasteiger partial charge in [-0.05, 0) is 25.0 Å². The Morgan fingerprint density at radius 1 is 1.10 bits per heavy atom. The molecule has 1 aromatic carbocycles. The van der Waals surface area contributed by atoms with Gasteiger partial charge >= 0.3 is 6.03 Å². The Labute approximate surface area is 118 Å². The maximum absolute atomic E-state index is 13.9. The predicted octanol–water partition coefficient (Wildman–Crippen LogP) is 2.11. The van der Waals surface area contributed by atoms with Crippen LogP contribution in [0.5, 0.6) is 0 Å². The molecule has 1 saturated heterocycles. The SMILES string of the molecule is O=C1NC(=O)C2(CCCC2)C(=O)N1c1ccc(F)cc1F. The molecule has 1 aromatic rings. The monoisotopic (exact) mass is 294 g/mol. The molecule has 1 heterocycles. The van der Waals surface area contributed by atoms with E-state index < -0.39 is 34.9 Å². The van der Waals surface area contributed by atoms with Crippen molar-refractivity contribution in [2.75, 3.05) is 4.90 Å². The summed E-state index contributed by atoms with van der Waals surface area (Å²) in [7, 11) is 0. The molecule has 110 valence electrons. The van der Waals surface area contributed by atoms with Crippen molar-refractivity contribution in [2.24, 2.45) is 5.41 Å². The van der Waals surface area contributed by atoms with Gasteiger partial charge in [-0.2, -0.15) is 0 Å². The third-order valence-electron chi connectivity index (χ3n) is 4.08. The second-order valence-electron chi connectivity index (χ2n) is 5.28. The number of nitrogens with zero attached hydrogens (tertiary/aromatic N) is 1. The van der Waals surface area contributed by atoms with Crippen molar-refractivity contribution in [1.82, 2.24) is 5.32 Å². The fourth-order valence-electron chi connectivity index (χ4n) is 2.98. The Morgan fingerprint density at radius 2 is 1.76 bits per heavy atom. The fraction of sp³-hybridized carbons (Fsp3) is 0.357. The lowest BCUT2D eigenvalue weighted by molar-refractivity contribution is -0.142. The number of hydrogen-bond acceptors (Lipinski definition) is 3. The first-order valence-electron chi connectivity index (χ1n) is 6.61. The molecule has 0 unspecified atom stereocenters. The summed E-state index contributed by atoms with van der Waals surface area (Å²) in [5.74, 6) is -3.21. The zero-order chi connectivity index (χ0) is 15.2. The van der Waals surface area contributed by atoms with E-state index in [9.17, 15) is 23.2 Å². The first kappa shape index (κ1) is 13.7. The molecule has 0 radical (unpaired) electrons. The number of hydrogen-bond donors (Lipinski definition) is 1. The third kappa shape index (κ3) is 1.91. The largest absolute Gasteiger partial charge is 0.335 e. The number of imide groups is 2. The summed E-state index contributed by atoms with van der Waals surface area (Å²) in [6.45, 7) is 0. The van der Waals surface area contributed by atoms with E-state index in [0.717, 1.165) is 12.1 Å². The molecule has 1 saturated carbocycles. The van der Waals surface area contributed by atoms with Crippen LogP contribution in [-0.4, -0.2) is 17.8 Å². The van der Waals surface area contributed by atoms with Crippen LogP contribution in [0.3, 0.4) is 0 Å². The zero-order valence-electron chi connectivity index (χ0n) is 11.0. The van der Waals surface area contributed by atoms with E-state index in [1.165, 1.54) is 0 Å². The normalized spacial score (nSPS) is 21.0. The van der Waals surface area contributed by atoms with E-state index in [1.54, 1.807) is 0 Å². The average molecular weight is 294 g/mol. The van der Waals surface area contributed by atoms with Crippen LogP contribution in [-0.2, 0) is 9.59 Å². The van der Waals surface area contributed by atoms with Gasteiger partial charge in [0.05, 0.1) is 5.69 Å². The van der Waals surface area contributed by atoms with Gasteiger partial charge in [0.25, 0.3) is 5.91 Å². The Bertz CT molecular complexity index is 654. The highest BCUT2D eigenvalue weighted by Crippen LogP contribution is 2.43. The lowest BCUT2D eigenvalue weighted by atomic mass is 9.82. The number of rotatable bonds is 1. The summed E-state index contributed by atoms with van der Waals surface area (Å²) < 4.78 is 26.8. The minimum atomic E-state index is -1.31. The number of urea groups is 1. The lowest BCUT2D eigenvalue weighted by Gasteiger charge is -2.36. The summed E-state index contributed by atoms with van der Waals surface area (Å²) in [5, 5.41) is 2.10. The molecule has 2 fully saturated rings. The molecule has 1 aliphatic carbocycles. The molecule has 0 atom stereocenters. The van der Waals surface area contributed by atoms with Crippen molar-refractivity contribution >= 4 is 23.5 Å². The van der Waals surface area contributed by atoms with Crippen LogP contribution in [0, 0.1) is 17.0 Å². The molecule has 1 aliphatic heterocycles. The number of nitrogens with one attached hydrogen (secondary N) is 1. The number of carbonyl (C=O) groups is 3. The number of benzene rings is 1. The van der Waals surface area contributed by atoms with Crippen molar-refractivity contribution in [3.8, 4) is 0 Å². The summed E-state index contributed by atoms with van der Waals surface area (Å²) >= 11 is 0. The lowest BCUT2D eigenvalue weighted by Crippen LogP contribution is -2.63. The molecule has 21 heavy (non-hydrogen) atoms. The van der Waals surface area contributed by atoms with E-state index in [1.807, 2.05) is 0 Å². The molecule has 0 aromatic heterocycles. The highest BCUT2D eigenvalue weighted by molar-refractivity contribution is 6.30. The van der Waals surface area contributed by atoms with Crippen LogP contribution < -0.4 is 10.2 Å². The van der Waals surface area contributed by atoms with Crippen LogP contribution in [0.25, 0.3) is 0 Å². The molecule has 3 rings (SSSR count). The predicted molar refractivity (Wildman–Crippen MR) is 68.3 cm³/mol. The first-order chi connectivity index (χ1) is 9.95. The van der Waals surface area contributed by atoms with Crippen molar-refractivity contribution in [1.29, 1.82) is 0 Å².